The average Bonchev–Trinajstić information content (AvgIpc) is 3.19. The van der Waals surface area contributed by atoms with E-state index in [4.69, 9.17) is 10.3 Å². The minimum absolute atomic E-state index is 0.115. The molecule has 0 fully saturated rings. The van der Waals surface area contributed by atoms with Crippen molar-refractivity contribution in [2.24, 2.45) is 5.73 Å². The molecule has 0 atom stereocenters. The van der Waals surface area contributed by atoms with Crippen LogP contribution in [0.3, 0.4) is 0 Å². The van der Waals surface area contributed by atoms with Gasteiger partial charge in [0.2, 0.25) is 11.7 Å². The summed E-state index contributed by atoms with van der Waals surface area (Å²) in [7, 11) is 0. The Morgan fingerprint density at radius 1 is 1.25 bits per heavy atom. The van der Waals surface area contributed by atoms with Gasteiger partial charge >= 0.3 is 0 Å². The summed E-state index contributed by atoms with van der Waals surface area (Å²) in [4.78, 5) is 18.9. The van der Waals surface area contributed by atoms with Gasteiger partial charge in [0.1, 0.15) is 0 Å². The van der Waals surface area contributed by atoms with Gasteiger partial charge in [-0.3, -0.25) is 4.79 Å². The number of thiophene rings is 1. The lowest BCUT2D eigenvalue weighted by molar-refractivity contribution is 0.0979. The molecule has 0 radical (unpaired) electrons. The summed E-state index contributed by atoms with van der Waals surface area (Å²) in [5.41, 5.74) is 8.31. The van der Waals surface area contributed by atoms with E-state index in [1.165, 1.54) is 0 Å². The molecule has 2 N–H and O–H groups in total. The summed E-state index contributed by atoms with van der Waals surface area (Å²) in [6.45, 7) is 4.48. The summed E-state index contributed by atoms with van der Waals surface area (Å²) in [6, 6.07) is 9.66. The summed E-state index contributed by atoms with van der Waals surface area (Å²) < 4.78 is 5.26. The second-order valence-corrected chi connectivity index (χ2v) is 7.12. The van der Waals surface area contributed by atoms with Crippen molar-refractivity contribution in [1.82, 2.24) is 10.1 Å². The van der Waals surface area contributed by atoms with E-state index in [2.05, 4.69) is 10.1 Å². The van der Waals surface area contributed by atoms with E-state index in [-0.39, 0.29) is 5.78 Å². The normalized spacial score (nSPS) is 11.0. The predicted octanol–water partition coefficient (Wildman–Crippen LogP) is 3.69. The molecule has 3 aromatic rings. The average molecular weight is 341 g/mol. The SMILES string of the molecule is Cc1cc(C(=O)CCc2nc(-c3ccc(CN)cc3)no2)c(C)s1. The smallest absolute Gasteiger partial charge is 0.227 e. The summed E-state index contributed by atoms with van der Waals surface area (Å²) in [5, 5.41) is 3.99. The molecule has 124 valence electrons. The molecule has 0 saturated carbocycles. The van der Waals surface area contributed by atoms with E-state index < -0.39 is 0 Å². The highest BCUT2D eigenvalue weighted by molar-refractivity contribution is 7.12. The first-order chi connectivity index (χ1) is 11.6. The number of aryl methyl sites for hydroxylation is 3. The highest BCUT2D eigenvalue weighted by Crippen LogP contribution is 2.23. The molecule has 2 aromatic heterocycles. The molecule has 0 spiro atoms. The first-order valence-electron chi connectivity index (χ1n) is 7.79. The molecular formula is C18H19N3O2S. The molecule has 0 aliphatic rings. The zero-order valence-electron chi connectivity index (χ0n) is 13.7. The molecule has 0 saturated heterocycles. The van der Waals surface area contributed by atoms with Gasteiger partial charge in [-0.15, -0.1) is 11.3 Å². The van der Waals surface area contributed by atoms with Gasteiger partial charge in [0.05, 0.1) is 0 Å². The van der Waals surface area contributed by atoms with Crippen molar-refractivity contribution in [3.05, 3.63) is 57.1 Å². The topological polar surface area (TPSA) is 82.0 Å². The predicted molar refractivity (Wildman–Crippen MR) is 94.1 cm³/mol. The van der Waals surface area contributed by atoms with Crippen molar-refractivity contribution in [2.75, 3.05) is 0 Å². The third-order valence-corrected chi connectivity index (χ3v) is 4.79. The molecule has 24 heavy (non-hydrogen) atoms. The Hall–Kier alpha value is -2.31. The maximum absolute atomic E-state index is 12.3. The Kier molecular flexibility index (Phi) is 4.87. The lowest BCUT2D eigenvalue weighted by Gasteiger charge is -1.98. The second kappa shape index (κ2) is 7.07. The number of nitrogens with zero attached hydrogens (tertiary/aromatic N) is 2. The van der Waals surface area contributed by atoms with Crippen LogP contribution in [0.15, 0.2) is 34.9 Å². The van der Waals surface area contributed by atoms with Crippen molar-refractivity contribution in [2.45, 2.75) is 33.2 Å². The van der Waals surface area contributed by atoms with Crippen LogP contribution < -0.4 is 5.73 Å². The molecule has 0 bridgehead atoms. The molecule has 6 heteroatoms. The van der Waals surface area contributed by atoms with Gasteiger partial charge in [0, 0.05) is 40.3 Å². The Bertz CT molecular complexity index is 850. The standard InChI is InChI=1S/C18H19N3O2S/c1-11-9-15(12(2)24-11)16(22)7-8-17-20-18(21-23-17)14-5-3-13(10-19)4-6-14/h3-6,9H,7-8,10,19H2,1-2H3. The van der Waals surface area contributed by atoms with Crippen molar-refractivity contribution in [3.63, 3.8) is 0 Å². The number of carbonyl (C=O) groups excluding carboxylic acids is 1. The first-order valence-corrected chi connectivity index (χ1v) is 8.60. The van der Waals surface area contributed by atoms with Crippen LogP contribution >= 0.6 is 11.3 Å². The van der Waals surface area contributed by atoms with Crippen LogP contribution in [-0.4, -0.2) is 15.9 Å². The highest BCUT2D eigenvalue weighted by atomic mass is 32.1. The number of nitrogens with two attached hydrogens (primary N) is 1. The van der Waals surface area contributed by atoms with Gasteiger partial charge in [0.25, 0.3) is 0 Å². The van der Waals surface area contributed by atoms with Crippen molar-refractivity contribution in [1.29, 1.82) is 0 Å². The molecule has 0 aliphatic carbocycles. The maximum atomic E-state index is 12.3. The number of carbonyl (C=O) groups is 1. The minimum Gasteiger partial charge on any atom is -0.339 e. The third-order valence-electron chi connectivity index (χ3n) is 3.82. The zero-order valence-corrected chi connectivity index (χ0v) is 14.5. The molecule has 5 nitrogen and oxygen atoms in total. The quantitative estimate of drug-likeness (QED) is 0.692. The van der Waals surface area contributed by atoms with Crippen LogP contribution in [-0.2, 0) is 13.0 Å². The zero-order chi connectivity index (χ0) is 17.1. The number of hydrogen-bond acceptors (Lipinski definition) is 6. The fourth-order valence-corrected chi connectivity index (χ4v) is 3.47. The van der Waals surface area contributed by atoms with Crippen LogP contribution in [0.25, 0.3) is 11.4 Å². The van der Waals surface area contributed by atoms with Crippen molar-refractivity contribution >= 4 is 17.1 Å². The van der Waals surface area contributed by atoms with Crippen molar-refractivity contribution in [3.8, 4) is 11.4 Å². The van der Waals surface area contributed by atoms with E-state index in [9.17, 15) is 4.79 Å². The van der Waals surface area contributed by atoms with Crippen LogP contribution in [0.2, 0.25) is 0 Å². The number of benzene rings is 1. The van der Waals surface area contributed by atoms with Gasteiger partial charge < -0.3 is 10.3 Å². The summed E-state index contributed by atoms with van der Waals surface area (Å²) >= 11 is 1.64. The van der Waals surface area contributed by atoms with E-state index in [0.29, 0.717) is 31.1 Å². The van der Waals surface area contributed by atoms with E-state index in [1.807, 2.05) is 44.2 Å². The first kappa shape index (κ1) is 16.5. The van der Waals surface area contributed by atoms with Crippen LogP contribution in [0, 0.1) is 13.8 Å². The number of Topliss-reactive ketones (excluding diaryl/α,β-unsaturated/α-hetero) is 1. The Balaban J connectivity index is 1.65. The molecule has 0 unspecified atom stereocenters. The minimum atomic E-state index is 0.115. The van der Waals surface area contributed by atoms with Crippen molar-refractivity contribution < 1.29 is 9.32 Å². The lowest BCUT2D eigenvalue weighted by Crippen LogP contribution is -2.01. The number of ketones is 1. The maximum Gasteiger partial charge on any atom is 0.227 e. The fourth-order valence-electron chi connectivity index (χ4n) is 2.53. The monoisotopic (exact) mass is 341 g/mol. The summed E-state index contributed by atoms with van der Waals surface area (Å²) in [6.07, 6.45) is 0.811. The highest BCUT2D eigenvalue weighted by Gasteiger charge is 2.15. The van der Waals surface area contributed by atoms with Crippen LogP contribution in [0.1, 0.15) is 38.0 Å². The molecule has 0 amide bonds. The van der Waals surface area contributed by atoms with Crippen LogP contribution in [0.4, 0.5) is 0 Å². The van der Waals surface area contributed by atoms with Gasteiger partial charge in [-0.05, 0) is 25.5 Å². The molecule has 0 aliphatic heterocycles. The second-order valence-electron chi connectivity index (χ2n) is 5.66. The Morgan fingerprint density at radius 3 is 2.62 bits per heavy atom. The van der Waals surface area contributed by atoms with Gasteiger partial charge in [0.15, 0.2) is 5.78 Å². The van der Waals surface area contributed by atoms with Crippen LogP contribution in [0.5, 0.6) is 0 Å². The van der Waals surface area contributed by atoms with E-state index in [1.54, 1.807) is 11.3 Å². The molecule has 3 rings (SSSR count). The Morgan fingerprint density at radius 2 is 2.00 bits per heavy atom. The Labute approximate surface area is 144 Å². The fraction of sp³-hybridized carbons (Fsp3) is 0.278. The largest absolute Gasteiger partial charge is 0.339 e. The number of aromatic nitrogens is 2. The molecule has 1 aromatic carbocycles. The molecule has 2 heterocycles. The third kappa shape index (κ3) is 3.60. The number of hydrogen-bond donors (Lipinski definition) is 1. The van der Waals surface area contributed by atoms with Gasteiger partial charge in [-0.1, -0.05) is 29.4 Å². The van der Waals surface area contributed by atoms with Gasteiger partial charge in [-0.25, -0.2) is 0 Å². The lowest BCUT2D eigenvalue weighted by atomic mass is 10.1. The molecular weight excluding hydrogens is 322 g/mol. The number of rotatable bonds is 6. The van der Waals surface area contributed by atoms with E-state index in [0.717, 1.165) is 26.4 Å². The van der Waals surface area contributed by atoms with E-state index >= 15 is 0 Å². The summed E-state index contributed by atoms with van der Waals surface area (Å²) in [5.74, 6) is 1.12. The van der Waals surface area contributed by atoms with Gasteiger partial charge in [-0.2, -0.15) is 4.98 Å².